The van der Waals surface area contributed by atoms with Crippen molar-refractivity contribution in [1.29, 1.82) is 0 Å². The number of carbonyl (C=O) groups is 2. The molecule has 2 rings (SSSR count). The van der Waals surface area contributed by atoms with Crippen LogP contribution in [0.3, 0.4) is 0 Å². The van der Waals surface area contributed by atoms with Crippen LogP contribution in [0.25, 0.3) is 0 Å². The molecule has 1 amide bonds. The molecular weight excluding hydrogens is 270 g/mol. The van der Waals surface area contributed by atoms with Crippen LogP contribution in [0.1, 0.15) is 30.4 Å². The highest BCUT2D eigenvalue weighted by atomic mass is 16.5. The molecule has 1 aliphatic carbocycles. The predicted octanol–water partition coefficient (Wildman–Crippen LogP) is 1.92. The largest absolute Gasteiger partial charge is 0.496 e. The van der Waals surface area contributed by atoms with Crippen LogP contribution in [0.2, 0.25) is 0 Å². The third-order valence-corrected chi connectivity index (χ3v) is 3.98. The lowest BCUT2D eigenvalue weighted by Gasteiger charge is -2.13. The van der Waals surface area contributed by atoms with Crippen molar-refractivity contribution in [2.24, 2.45) is 5.92 Å². The average molecular weight is 291 g/mol. The molecule has 0 bridgehead atoms. The molecule has 5 nitrogen and oxygen atoms in total. The van der Waals surface area contributed by atoms with Crippen molar-refractivity contribution in [2.45, 2.75) is 38.6 Å². The topological polar surface area (TPSA) is 75.6 Å². The molecule has 0 spiro atoms. The Balaban J connectivity index is 1.89. The lowest BCUT2D eigenvalue weighted by Crippen LogP contribution is -2.34. The number of amides is 1. The first-order chi connectivity index (χ1) is 9.99. The van der Waals surface area contributed by atoms with Gasteiger partial charge in [0.1, 0.15) is 5.75 Å². The fourth-order valence-electron chi connectivity index (χ4n) is 2.78. The minimum Gasteiger partial charge on any atom is -0.496 e. The maximum Gasteiger partial charge on any atom is 0.306 e. The van der Waals surface area contributed by atoms with E-state index in [4.69, 9.17) is 9.84 Å². The molecule has 2 unspecified atom stereocenters. The van der Waals surface area contributed by atoms with Crippen LogP contribution in [-0.2, 0) is 16.0 Å². The van der Waals surface area contributed by atoms with E-state index in [1.807, 2.05) is 25.1 Å². The van der Waals surface area contributed by atoms with Crippen LogP contribution in [0.15, 0.2) is 18.2 Å². The van der Waals surface area contributed by atoms with Gasteiger partial charge in [0, 0.05) is 6.04 Å². The Bertz CT molecular complexity index is 541. The summed E-state index contributed by atoms with van der Waals surface area (Å²) in [6, 6.07) is 5.68. The highest BCUT2D eigenvalue weighted by molar-refractivity contribution is 5.79. The van der Waals surface area contributed by atoms with Gasteiger partial charge >= 0.3 is 5.97 Å². The molecule has 0 radical (unpaired) electrons. The maximum atomic E-state index is 12.0. The third-order valence-electron chi connectivity index (χ3n) is 3.98. The second kappa shape index (κ2) is 6.61. The molecule has 5 heteroatoms. The molecule has 0 aromatic heterocycles. The summed E-state index contributed by atoms with van der Waals surface area (Å²) < 4.78 is 5.24. The summed E-state index contributed by atoms with van der Waals surface area (Å²) in [6.45, 7) is 1.95. The second-order valence-corrected chi connectivity index (χ2v) is 5.59. The summed E-state index contributed by atoms with van der Waals surface area (Å²) in [5, 5.41) is 11.9. The smallest absolute Gasteiger partial charge is 0.306 e. The summed E-state index contributed by atoms with van der Waals surface area (Å²) >= 11 is 0. The fraction of sp³-hybridized carbons (Fsp3) is 0.500. The van der Waals surface area contributed by atoms with E-state index in [1.54, 1.807) is 7.11 Å². The van der Waals surface area contributed by atoms with Gasteiger partial charge in [0.15, 0.2) is 0 Å². The molecule has 1 aromatic carbocycles. The van der Waals surface area contributed by atoms with E-state index in [-0.39, 0.29) is 24.3 Å². The Morgan fingerprint density at radius 3 is 2.76 bits per heavy atom. The van der Waals surface area contributed by atoms with E-state index in [9.17, 15) is 9.59 Å². The number of nitrogens with one attached hydrogen (secondary N) is 1. The van der Waals surface area contributed by atoms with E-state index >= 15 is 0 Å². The van der Waals surface area contributed by atoms with Crippen LogP contribution >= 0.6 is 0 Å². The minimum atomic E-state index is -0.769. The SMILES string of the molecule is COc1cc(CC(=O)NC2CCC(C(=O)O)C2)ccc1C. The lowest BCUT2D eigenvalue weighted by molar-refractivity contribution is -0.141. The number of methoxy groups -OCH3 is 1. The van der Waals surface area contributed by atoms with Crippen molar-refractivity contribution < 1.29 is 19.4 Å². The Morgan fingerprint density at radius 2 is 2.14 bits per heavy atom. The number of hydrogen-bond donors (Lipinski definition) is 2. The number of benzene rings is 1. The van der Waals surface area contributed by atoms with Crippen LogP contribution in [-0.4, -0.2) is 30.1 Å². The summed E-state index contributed by atoms with van der Waals surface area (Å²) in [5.41, 5.74) is 1.92. The van der Waals surface area contributed by atoms with Gasteiger partial charge in [0.25, 0.3) is 0 Å². The number of hydrogen-bond acceptors (Lipinski definition) is 3. The zero-order chi connectivity index (χ0) is 15.4. The van der Waals surface area contributed by atoms with Crippen molar-refractivity contribution in [1.82, 2.24) is 5.32 Å². The first-order valence-electron chi connectivity index (χ1n) is 7.15. The van der Waals surface area contributed by atoms with Crippen LogP contribution in [0.4, 0.5) is 0 Å². The first kappa shape index (κ1) is 15.4. The quantitative estimate of drug-likeness (QED) is 0.869. The molecule has 21 heavy (non-hydrogen) atoms. The number of carboxylic acids is 1. The standard InChI is InChI=1S/C16H21NO4/c1-10-3-4-11(7-14(10)21-2)8-15(18)17-13-6-5-12(9-13)16(19)20/h3-4,7,12-13H,5-6,8-9H2,1-2H3,(H,17,18)(H,19,20). The highest BCUT2D eigenvalue weighted by Gasteiger charge is 2.30. The van der Waals surface area contributed by atoms with Gasteiger partial charge < -0.3 is 15.2 Å². The Kier molecular flexibility index (Phi) is 4.83. The Labute approximate surface area is 124 Å². The molecule has 2 atom stereocenters. The van der Waals surface area contributed by atoms with Crippen molar-refractivity contribution >= 4 is 11.9 Å². The van der Waals surface area contributed by atoms with E-state index in [2.05, 4.69) is 5.32 Å². The van der Waals surface area contributed by atoms with E-state index in [0.29, 0.717) is 12.8 Å². The van der Waals surface area contributed by atoms with Crippen molar-refractivity contribution in [2.75, 3.05) is 7.11 Å². The molecule has 2 N–H and O–H groups in total. The summed E-state index contributed by atoms with van der Waals surface area (Å²) in [7, 11) is 1.61. The van der Waals surface area contributed by atoms with Crippen molar-refractivity contribution in [3.05, 3.63) is 29.3 Å². The summed E-state index contributed by atoms with van der Waals surface area (Å²) in [5.74, 6) is -0.395. The molecule has 1 aromatic rings. The Morgan fingerprint density at radius 1 is 1.38 bits per heavy atom. The number of carbonyl (C=O) groups excluding carboxylic acids is 1. The zero-order valence-electron chi connectivity index (χ0n) is 12.4. The lowest BCUT2D eigenvalue weighted by atomic mass is 10.1. The summed E-state index contributed by atoms with van der Waals surface area (Å²) in [4.78, 5) is 22.9. The van der Waals surface area contributed by atoms with Gasteiger partial charge in [-0.2, -0.15) is 0 Å². The van der Waals surface area contributed by atoms with E-state index in [0.717, 1.165) is 23.3 Å². The van der Waals surface area contributed by atoms with Crippen LogP contribution in [0.5, 0.6) is 5.75 Å². The van der Waals surface area contributed by atoms with E-state index in [1.165, 1.54) is 0 Å². The molecule has 0 saturated heterocycles. The number of ether oxygens (including phenoxy) is 1. The monoisotopic (exact) mass is 291 g/mol. The predicted molar refractivity (Wildman–Crippen MR) is 78.3 cm³/mol. The molecule has 114 valence electrons. The van der Waals surface area contributed by atoms with Crippen LogP contribution in [0, 0.1) is 12.8 Å². The molecule has 0 aliphatic heterocycles. The van der Waals surface area contributed by atoms with E-state index < -0.39 is 5.97 Å². The Hall–Kier alpha value is -2.04. The third kappa shape index (κ3) is 3.97. The zero-order valence-corrected chi connectivity index (χ0v) is 12.4. The number of rotatable bonds is 5. The summed E-state index contributed by atoms with van der Waals surface area (Å²) in [6.07, 6.45) is 2.18. The van der Waals surface area contributed by atoms with Gasteiger partial charge in [-0.25, -0.2) is 0 Å². The first-order valence-corrected chi connectivity index (χ1v) is 7.15. The van der Waals surface area contributed by atoms with Crippen molar-refractivity contribution in [3.63, 3.8) is 0 Å². The van der Waals surface area contributed by atoms with Crippen LogP contribution < -0.4 is 10.1 Å². The molecular formula is C16H21NO4. The van der Waals surface area contributed by atoms with Crippen molar-refractivity contribution in [3.8, 4) is 5.75 Å². The van der Waals surface area contributed by atoms with Gasteiger partial charge in [0.05, 0.1) is 19.4 Å². The van der Waals surface area contributed by atoms with Gasteiger partial charge in [-0.3, -0.25) is 9.59 Å². The number of aliphatic carboxylic acids is 1. The van der Waals surface area contributed by atoms with Gasteiger partial charge in [-0.05, 0) is 43.4 Å². The number of aryl methyl sites for hydroxylation is 1. The number of carboxylic acid groups (broad SMARTS) is 1. The maximum absolute atomic E-state index is 12.0. The average Bonchev–Trinajstić information content (AvgIpc) is 2.89. The second-order valence-electron chi connectivity index (χ2n) is 5.59. The fourth-order valence-corrected chi connectivity index (χ4v) is 2.78. The molecule has 1 aliphatic rings. The molecule has 0 heterocycles. The normalized spacial score (nSPS) is 21.0. The van der Waals surface area contributed by atoms with Gasteiger partial charge in [-0.15, -0.1) is 0 Å². The minimum absolute atomic E-state index is 0.0223. The highest BCUT2D eigenvalue weighted by Crippen LogP contribution is 2.26. The van der Waals surface area contributed by atoms with Gasteiger partial charge in [0.2, 0.25) is 5.91 Å². The van der Waals surface area contributed by atoms with Gasteiger partial charge in [-0.1, -0.05) is 12.1 Å². The molecule has 1 fully saturated rings. The molecule has 1 saturated carbocycles.